The van der Waals surface area contributed by atoms with Crippen molar-refractivity contribution in [2.24, 2.45) is 0 Å². The lowest BCUT2D eigenvalue weighted by Crippen LogP contribution is -2.54. The molecule has 0 radical (unpaired) electrons. The molecule has 0 aromatic heterocycles. The number of carboxylic acid groups (broad SMARTS) is 1. The van der Waals surface area contributed by atoms with Gasteiger partial charge in [0.15, 0.2) is 5.78 Å². The minimum atomic E-state index is -5.32. The molecule has 3 nitrogen and oxygen atoms in total. The summed E-state index contributed by atoms with van der Waals surface area (Å²) in [6.45, 7) is 0.533. The zero-order chi connectivity index (χ0) is 14.1. The number of carboxylic acids is 1. The molecule has 18 heavy (non-hydrogen) atoms. The number of alkyl halides is 3. The third-order valence-corrected chi connectivity index (χ3v) is 2.55. The van der Waals surface area contributed by atoms with Crippen LogP contribution in [0.3, 0.4) is 0 Å². The fourth-order valence-electron chi connectivity index (χ4n) is 1.66. The number of rotatable bonds is 3. The van der Waals surface area contributed by atoms with E-state index in [2.05, 4.69) is 0 Å². The Hall–Kier alpha value is -1.92. The van der Waals surface area contributed by atoms with Gasteiger partial charge in [0.1, 0.15) is 5.82 Å². The average molecular weight is 264 g/mol. The van der Waals surface area contributed by atoms with Crippen molar-refractivity contribution in [1.82, 2.24) is 0 Å². The van der Waals surface area contributed by atoms with E-state index in [-0.39, 0.29) is 0 Å². The van der Waals surface area contributed by atoms with Crippen LogP contribution in [0.2, 0.25) is 0 Å². The molecule has 0 aliphatic heterocycles. The largest absolute Gasteiger partial charge is 0.480 e. The number of carbonyl (C=O) groups is 2. The van der Waals surface area contributed by atoms with E-state index in [4.69, 9.17) is 5.11 Å². The number of benzene rings is 1. The minimum Gasteiger partial charge on any atom is -0.480 e. The van der Waals surface area contributed by atoms with Crippen LogP contribution >= 0.6 is 0 Å². The summed E-state index contributed by atoms with van der Waals surface area (Å²) in [7, 11) is 0. The number of aliphatic carboxylic acids is 1. The van der Waals surface area contributed by atoms with E-state index in [1.165, 1.54) is 0 Å². The molecule has 7 heteroatoms. The van der Waals surface area contributed by atoms with Gasteiger partial charge < -0.3 is 5.11 Å². The molecule has 1 unspecified atom stereocenters. The SMILES string of the molecule is CC(=O)C(C(=O)O)(c1ccc(F)cc1)C(F)(F)F. The van der Waals surface area contributed by atoms with Crippen molar-refractivity contribution in [3.05, 3.63) is 35.6 Å². The van der Waals surface area contributed by atoms with Crippen molar-refractivity contribution in [2.45, 2.75) is 18.5 Å². The fourth-order valence-corrected chi connectivity index (χ4v) is 1.66. The summed E-state index contributed by atoms with van der Waals surface area (Å²) in [5.74, 6) is -4.76. The molecule has 0 amide bonds. The van der Waals surface area contributed by atoms with Gasteiger partial charge in [0, 0.05) is 0 Å². The second-order valence-corrected chi connectivity index (χ2v) is 3.62. The molecule has 1 rings (SSSR count). The van der Waals surface area contributed by atoms with Gasteiger partial charge in [-0.05, 0) is 24.6 Å². The van der Waals surface area contributed by atoms with Crippen molar-refractivity contribution in [2.75, 3.05) is 0 Å². The van der Waals surface area contributed by atoms with Gasteiger partial charge in [-0.15, -0.1) is 0 Å². The first-order valence-electron chi connectivity index (χ1n) is 4.71. The molecular weight excluding hydrogens is 256 g/mol. The molecule has 0 bridgehead atoms. The molecule has 0 fully saturated rings. The predicted octanol–water partition coefficient (Wildman–Crippen LogP) is 2.30. The fraction of sp³-hybridized carbons (Fsp3) is 0.273. The average Bonchev–Trinajstić information content (AvgIpc) is 2.18. The second kappa shape index (κ2) is 4.40. The van der Waals surface area contributed by atoms with Crippen molar-refractivity contribution < 1.29 is 32.3 Å². The normalized spacial score (nSPS) is 14.9. The van der Waals surface area contributed by atoms with Gasteiger partial charge in [0.25, 0.3) is 0 Å². The summed E-state index contributed by atoms with van der Waals surface area (Å²) in [5.41, 5.74) is -4.49. The summed E-state index contributed by atoms with van der Waals surface area (Å²) >= 11 is 0. The first kappa shape index (κ1) is 14.1. The Morgan fingerprint density at radius 2 is 1.56 bits per heavy atom. The molecule has 0 saturated carbocycles. The topological polar surface area (TPSA) is 54.4 Å². The number of carbonyl (C=O) groups excluding carboxylic acids is 1. The Labute approximate surface area is 99.0 Å². The third kappa shape index (κ3) is 1.96. The zero-order valence-electron chi connectivity index (χ0n) is 9.08. The summed E-state index contributed by atoms with van der Waals surface area (Å²) < 4.78 is 51.6. The third-order valence-electron chi connectivity index (χ3n) is 2.55. The van der Waals surface area contributed by atoms with E-state index in [9.17, 15) is 27.2 Å². The molecule has 1 N–H and O–H groups in total. The highest BCUT2D eigenvalue weighted by molar-refractivity contribution is 6.09. The molecule has 0 aliphatic rings. The number of halogens is 4. The predicted molar refractivity (Wildman–Crippen MR) is 52.4 cm³/mol. The van der Waals surface area contributed by atoms with Crippen LogP contribution in [0.15, 0.2) is 24.3 Å². The number of hydrogen-bond acceptors (Lipinski definition) is 2. The number of ketones is 1. The quantitative estimate of drug-likeness (QED) is 0.673. The van der Waals surface area contributed by atoms with Crippen LogP contribution in [0.1, 0.15) is 12.5 Å². The Morgan fingerprint density at radius 1 is 1.11 bits per heavy atom. The van der Waals surface area contributed by atoms with Crippen LogP contribution in [0.25, 0.3) is 0 Å². The van der Waals surface area contributed by atoms with Crippen LogP contribution in [-0.2, 0) is 15.0 Å². The Bertz CT molecular complexity index is 462. The highest BCUT2D eigenvalue weighted by Gasteiger charge is 2.65. The van der Waals surface area contributed by atoms with Crippen molar-refractivity contribution >= 4 is 11.8 Å². The smallest absolute Gasteiger partial charge is 0.415 e. The van der Waals surface area contributed by atoms with E-state index >= 15 is 0 Å². The van der Waals surface area contributed by atoms with E-state index in [1.54, 1.807) is 0 Å². The number of hydrogen-bond donors (Lipinski definition) is 1. The van der Waals surface area contributed by atoms with Crippen molar-refractivity contribution in [3.8, 4) is 0 Å². The van der Waals surface area contributed by atoms with Gasteiger partial charge in [-0.2, -0.15) is 13.2 Å². The Kier molecular flexibility index (Phi) is 3.45. The highest BCUT2D eigenvalue weighted by Crippen LogP contribution is 2.42. The first-order chi connectivity index (χ1) is 8.14. The van der Waals surface area contributed by atoms with E-state index in [1.807, 2.05) is 0 Å². The van der Waals surface area contributed by atoms with E-state index < -0.39 is 34.7 Å². The molecule has 0 spiro atoms. The summed E-state index contributed by atoms with van der Waals surface area (Å²) in [6.07, 6.45) is -5.32. The molecule has 1 aromatic rings. The maximum Gasteiger partial charge on any atom is 0.415 e. The van der Waals surface area contributed by atoms with Gasteiger partial charge in [-0.1, -0.05) is 12.1 Å². The van der Waals surface area contributed by atoms with Crippen molar-refractivity contribution in [3.63, 3.8) is 0 Å². The Balaban J connectivity index is 3.60. The first-order valence-corrected chi connectivity index (χ1v) is 4.71. The van der Waals surface area contributed by atoms with Gasteiger partial charge in [-0.3, -0.25) is 9.59 Å². The number of Topliss-reactive ketones (excluding diaryl/α,β-unsaturated/α-hetero) is 1. The summed E-state index contributed by atoms with van der Waals surface area (Å²) in [4.78, 5) is 22.2. The molecule has 0 aliphatic carbocycles. The van der Waals surface area contributed by atoms with Gasteiger partial charge >= 0.3 is 12.1 Å². The monoisotopic (exact) mass is 264 g/mol. The Morgan fingerprint density at radius 3 is 1.83 bits per heavy atom. The molecule has 0 saturated heterocycles. The molecule has 98 valence electrons. The van der Waals surface area contributed by atoms with E-state index in [0.717, 1.165) is 0 Å². The van der Waals surface area contributed by atoms with Crippen LogP contribution in [0.4, 0.5) is 17.6 Å². The van der Waals surface area contributed by atoms with Gasteiger partial charge in [0.05, 0.1) is 0 Å². The lowest BCUT2D eigenvalue weighted by Gasteiger charge is -2.29. The summed E-state index contributed by atoms with van der Waals surface area (Å²) in [6, 6.07) is 2.61. The van der Waals surface area contributed by atoms with E-state index in [0.29, 0.717) is 31.2 Å². The minimum absolute atomic E-state index is 0.533. The van der Waals surface area contributed by atoms with Crippen LogP contribution in [-0.4, -0.2) is 23.0 Å². The summed E-state index contributed by atoms with van der Waals surface area (Å²) in [5, 5.41) is 8.82. The second-order valence-electron chi connectivity index (χ2n) is 3.62. The van der Waals surface area contributed by atoms with Crippen LogP contribution < -0.4 is 0 Å². The lowest BCUT2D eigenvalue weighted by molar-refractivity contribution is -0.204. The zero-order valence-corrected chi connectivity index (χ0v) is 9.08. The molecular formula is C11H8F4O3. The van der Waals surface area contributed by atoms with Gasteiger partial charge in [-0.25, -0.2) is 4.39 Å². The molecule has 1 atom stereocenters. The standard InChI is InChI=1S/C11H8F4O3/c1-6(16)10(9(17)18,11(13,14)15)7-2-4-8(12)5-3-7/h2-5H,1H3,(H,17,18). The lowest BCUT2D eigenvalue weighted by atomic mass is 9.76. The maximum absolute atomic E-state index is 13.0. The van der Waals surface area contributed by atoms with Crippen LogP contribution in [0, 0.1) is 5.82 Å². The maximum atomic E-state index is 13.0. The van der Waals surface area contributed by atoms with Crippen molar-refractivity contribution in [1.29, 1.82) is 0 Å². The van der Waals surface area contributed by atoms with Crippen LogP contribution in [0.5, 0.6) is 0 Å². The molecule has 0 heterocycles. The molecule has 1 aromatic carbocycles. The highest BCUT2D eigenvalue weighted by atomic mass is 19.4. The van der Waals surface area contributed by atoms with Gasteiger partial charge in [0.2, 0.25) is 5.41 Å².